The van der Waals surface area contributed by atoms with Crippen LogP contribution in [0.3, 0.4) is 0 Å². The van der Waals surface area contributed by atoms with Crippen molar-refractivity contribution in [3.63, 3.8) is 0 Å². The van der Waals surface area contributed by atoms with E-state index in [9.17, 15) is 9.59 Å². The molecule has 0 bridgehead atoms. The van der Waals surface area contributed by atoms with Crippen LogP contribution in [0.4, 0.5) is 0 Å². The van der Waals surface area contributed by atoms with Gasteiger partial charge >= 0.3 is 0 Å². The number of carbonyl (C=O) groups is 2. The predicted molar refractivity (Wildman–Crippen MR) is 116 cm³/mol. The van der Waals surface area contributed by atoms with Crippen LogP contribution in [0.1, 0.15) is 56.9 Å². The third kappa shape index (κ3) is 5.58. The number of benzene rings is 2. The first-order chi connectivity index (χ1) is 14.7. The van der Waals surface area contributed by atoms with Gasteiger partial charge in [-0.05, 0) is 42.0 Å². The summed E-state index contributed by atoms with van der Waals surface area (Å²) < 4.78 is 5.57. The Kier molecular flexibility index (Phi) is 8.22. The minimum absolute atomic E-state index is 0.0979. The molecule has 6 nitrogen and oxygen atoms in total. The molecular formula is C24H32N2O4. The summed E-state index contributed by atoms with van der Waals surface area (Å²) in [6.07, 6.45) is 6.40. The van der Waals surface area contributed by atoms with Crippen molar-refractivity contribution < 1.29 is 19.5 Å². The molecule has 1 aliphatic heterocycles. The number of unbranched alkanes of at least 4 members (excludes halogenated alkanes) is 4. The minimum Gasteiger partial charge on any atom is -0.381 e. The monoisotopic (exact) mass is 412 g/mol. The highest BCUT2D eigenvalue weighted by Crippen LogP contribution is 2.36. The average molecular weight is 413 g/mol. The molecule has 0 atom stereocenters. The van der Waals surface area contributed by atoms with Gasteiger partial charge in [-0.2, -0.15) is 0 Å². The van der Waals surface area contributed by atoms with Crippen molar-refractivity contribution in [2.24, 2.45) is 0 Å². The van der Waals surface area contributed by atoms with Crippen LogP contribution in [0.15, 0.2) is 42.5 Å². The lowest BCUT2D eigenvalue weighted by molar-refractivity contribution is -0.130. The Balaban J connectivity index is 1.53. The van der Waals surface area contributed by atoms with Crippen molar-refractivity contribution >= 4 is 22.6 Å². The van der Waals surface area contributed by atoms with E-state index in [1.807, 2.05) is 12.1 Å². The van der Waals surface area contributed by atoms with Gasteiger partial charge in [0.25, 0.3) is 0 Å². The second-order valence-corrected chi connectivity index (χ2v) is 8.07. The van der Waals surface area contributed by atoms with E-state index >= 15 is 0 Å². The highest BCUT2D eigenvalue weighted by molar-refractivity contribution is 5.91. The van der Waals surface area contributed by atoms with E-state index in [4.69, 9.17) is 9.94 Å². The molecule has 1 heterocycles. The summed E-state index contributed by atoms with van der Waals surface area (Å²) in [7, 11) is 0. The molecule has 6 heteroatoms. The van der Waals surface area contributed by atoms with Crippen molar-refractivity contribution in [1.82, 2.24) is 10.8 Å². The van der Waals surface area contributed by atoms with Crippen LogP contribution in [0.25, 0.3) is 10.8 Å². The number of carbonyl (C=O) groups excluding carboxylic acids is 2. The van der Waals surface area contributed by atoms with E-state index in [2.05, 4.69) is 35.6 Å². The van der Waals surface area contributed by atoms with Gasteiger partial charge in [-0.1, -0.05) is 61.7 Å². The SMILES string of the molecule is O=C(CCCCCCCNC(=O)C1(c2ccc3ccccc3c2)CCOCC1)NO. The molecule has 0 spiro atoms. The molecule has 3 rings (SSSR count). The molecule has 1 saturated heterocycles. The summed E-state index contributed by atoms with van der Waals surface area (Å²) in [5.41, 5.74) is 2.20. The van der Waals surface area contributed by atoms with E-state index in [1.54, 1.807) is 5.48 Å². The number of ether oxygens (including phenoxy) is 1. The van der Waals surface area contributed by atoms with Gasteiger partial charge in [-0.25, -0.2) is 5.48 Å². The lowest BCUT2D eigenvalue weighted by Crippen LogP contribution is -2.48. The van der Waals surface area contributed by atoms with E-state index < -0.39 is 5.41 Å². The minimum atomic E-state index is -0.528. The third-order valence-electron chi connectivity index (χ3n) is 6.07. The van der Waals surface area contributed by atoms with Gasteiger partial charge in [0.2, 0.25) is 11.8 Å². The maximum Gasteiger partial charge on any atom is 0.243 e. The molecule has 2 aromatic carbocycles. The van der Waals surface area contributed by atoms with Crippen LogP contribution in [-0.2, 0) is 19.7 Å². The molecule has 0 unspecified atom stereocenters. The maximum atomic E-state index is 13.3. The first-order valence-electron chi connectivity index (χ1n) is 10.9. The Hall–Kier alpha value is -2.44. The first-order valence-corrected chi connectivity index (χ1v) is 10.9. The summed E-state index contributed by atoms with van der Waals surface area (Å²) in [5, 5.41) is 14.0. The molecular weight excluding hydrogens is 380 g/mol. The quantitative estimate of drug-likeness (QED) is 0.314. The Labute approximate surface area is 178 Å². The highest BCUT2D eigenvalue weighted by atomic mass is 16.5. The van der Waals surface area contributed by atoms with Gasteiger partial charge < -0.3 is 10.1 Å². The summed E-state index contributed by atoms with van der Waals surface area (Å²) in [6, 6.07) is 14.6. The summed E-state index contributed by atoms with van der Waals surface area (Å²) >= 11 is 0. The zero-order valence-electron chi connectivity index (χ0n) is 17.5. The van der Waals surface area contributed by atoms with Crippen molar-refractivity contribution in [2.75, 3.05) is 19.8 Å². The van der Waals surface area contributed by atoms with Crippen LogP contribution in [0, 0.1) is 0 Å². The van der Waals surface area contributed by atoms with Crippen LogP contribution >= 0.6 is 0 Å². The zero-order chi connectivity index (χ0) is 21.2. The van der Waals surface area contributed by atoms with Gasteiger partial charge in [-0.3, -0.25) is 14.8 Å². The smallest absolute Gasteiger partial charge is 0.243 e. The highest BCUT2D eigenvalue weighted by Gasteiger charge is 2.41. The van der Waals surface area contributed by atoms with Crippen LogP contribution in [0.5, 0.6) is 0 Å². The second kappa shape index (κ2) is 11.1. The van der Waals surface area contributed by atoms with E-state index in [0.29, 0.717) is 39.0 Å². The van der Waals surface area contributed by atoms with E-state index in [1.165, 1.54) is 5.39 Å². The summed E-state index contributed by atoms with van der Waals surface area (Å²) in [4.78, 5) is 24.2. The fourth-order valence-corrected chi connectivity index (χ4v) is 4.22. The molecule has 2 amide bonds. The fourth-order valence-electron chi connectivity index (χ4n) is 4.22. The van der Waals surface area contributed by atoms with Crippen molar-refractivity contribution in [3.05, 3.63) is 48.0 Å². The number of fused-ring (bicyclic) bond motifs is 1. The Bertz CT molecular complexity index is 846. The normalized spacial score (nSPS) is 15.6. The van der Waals surface area contributed by atoms with Crippen molar-refractivity contribution in [2.45, 2.75) is 56.8 Å². The molecule has 1 aliphatic rings. The summed E-state index contributed by atoms with van der Waals surface area (Å²) in [6.45, 7) is 1.86. The molecule has 0 radical (unpaired) electrons. The largest absolute Gasteiger partial charge is 0.381 e. The number of nitrogens with one attached hydrogen (secondary N) is 2. The fraction of sp³-hybridized carbons (Fsp3) is 0.500. The van der Waals surface area contributed by atoms with Crippen LogP contribution < -0.4 is 10.8 Å². The molecule has 1 fully saturated rings. The van der Waals surface area contributed by atoms with Crippen LogP contribution in [0.2, 0.25) is 0 Å². The molecule has 2 aromatic rings. The van der Waals surface area contributed by atoms with Gasteiger partial charge in [0.15, 0.2) is 0 Å². The number of hydrogen-bond donors (Lipinski definition) is 3. The van der Waals surface area contributed by atoms with Crippen LogP contribution in [-0.4, -0.2) is 36.8 Å². The van der Waals surface area contributed by atoms with Gasteiger partial charge in [0, 0.05) is 26.2 Å². The molecule has 0 saturated carbocycles. The number of amides is 2. The predicted octanol–water partition coefficient (Wildman–Crippen LogP) is 3.85. The molecule has 162 valence electrons. The number of rotatable bonds is 10. The third-order valence-corrected chi connectivity index (χ3v) is 6.07. The molecule has 0 aliphatic carbocycles. The first kappa shape index (κ1) is 22.2. The molecule has 30 heavy (non-hydrogen) atoms. The number of hydroxylamine groups is 1. The van der Waals surface area contributed by atoms with Crippen molar-refractivity contribution in [3.8, 4) is 0 Å². The molecule has 0 aromatic heterocycles. The lowest BCUT2D eigenvalue weighted by Gasteiger charge is -2.36. The number of hydrogen-bond acceptors (Lipinski definition) is 4. The topological polar surface area (TPSA) is 87.7 Å². The Morgan fingerprint density at radius 3 is 2.40 bits per heavy atom. The zero-order valence-corrected chi connectivity index (χ0v) is 17.5. The van der Waals surface area contributed by atoms with Gasteiger partial charge in [-0.15, -0.1) is 0 Å². The van der Waals surface area contributed by atoms with Gasteiger partial charge in [0.05, 0.1) is 5.41 Å². The van der Waals surface area contributed by atoms with Crippen molar-refractivity contribution in [1.29, 1.82) is 0 Å². The molecule has 3 N–H and O–H groups in total. The van der Waals surface area contributed by atoms with E-state index in [0.717, 1.165) is 43.1 Å². The maximum absolute atomic E-state index is 13.3. The Morgan fingerprint density at radius 2 is 1.63 bits per heavy atom. The van der Waals surface area contributed by atoms with E-state index in [-0.39, 0.29) is 11.8 Å². The van der Waals surface area contributed by atoms with Gasteiger partial charge in [0.1, 0.15) is 0 Å². The lowest BCUT2D eigenvalue weighted by atomic mass is 9.73. The Morgan fingerprint density at radius 1 is 0.933 bits per heavy atom. The summed E-state index contributed by atoms with van der Waals surface area (Å²) in [5.74, 6) is -0.238. The standard InChI is InChI=1S/C24H32N2O4/c27-22(26-29)10-4-2-1-3-7-15-25-23(28)24(13-16-30-17-14-24)21-12-11-19-8-5-6-9-20(19)18-21/h5-6,8-9,11-12,18,29H,1-4,7,10,13-17H2,(H,25,28)(H,26,27). The second-order valence-electron chi connectivity index (χ2n) is 8.07. The average Bonchev–Trinajstić information content (AvgIpc) is 2.80.